The van der Waals surface area contributed by atoms with Crippen LogP contribution in [0.25, 0.3) is 0 Å². The van der Waals surface area contributed by atoms with Gasteiger partial charge in [0.1, 0.15) is 5.75 Å². The molecule has 19 heavy (non-hydrogen) atoms. The van der Waals surface area contributed by atoms with Crippen molar-refractivity contribution in [3.63, 3.8) is 0 Å². The maximum Gasteiger partial charge on any atom is 0.222 e. The largest absolute Gasteiger partial charge is 0.497 e. The van der Waals surface area contributed by atoms with Gasteiger partial charge in [-0.25, -0.2) is 0 Å². The highest BCUT2D eigenvalue weighted by atomic mass is 35.5. The number of methoxy groups -OCH3 is 1. The molecule has 2 nitrogen and oxygen atoms in total. The van der Waals surface area contributed by atoms with Crippen molar-refractivity contribution in [3.05, 3.63) is 65.7 Å². The van der Waals surface area contributed by atoms with E-state index in [2.05, 4.69) is 0 Å². The molecule has 0 spiro atoms. The lowest BCUT2D eigenvalue weighted by atomic mass is 9.89. The summed E-state index contributed by atoms with van der Waals surface area (Å²) in [5, 5.41) is -0.336. The number of ether oxygens (including phenoxy) is 1. The fraction of sp³-hybridized carbons (Fsp3) is 0.188. The van der Waals surface area contributed by atoms with Gasteiger partial charge in [0.25, 0.3) is 0 Å². The molecule has 0 amide bonds. The van der Waals surface area contributed by atoms with Crippen molar-refractivity contribution < 1.29 is 9.53 Å². The molecule has 0 aromatic heterocycles. The van der Waals surface area contributed by atoms with Gasteiger partial charge >= 0.3 is 0 Å². The fourth-order valence-corrected chi connectivity index (χ4v) is 2.29. The van der Waals surface area contributed by atoms with Gasteiger partial charge in [-0.3, -0.25) is 4.79 Å². The maximum absolute atomic E-state index is 11.3. The van der Waals surface area contributed by atoms with E-state index in [9.17, 15) is 4.79 Å². The number of benzene rings is 2. The molecule has 0 bridgehead atoms. The normalized spacial score (nSPS) is 11.9. The molecule has 0 aliphatic rings. The molecule has 0 fully saturated rings. The minimum atomic E-state index is -0.336. The van der Waals surface area contributed by atoms with Crippen LogP contribution in [-0.4, -0.2) is 12.4 Å². The summed E-state index contributed by atoms with van der Waals surface area (Å²) in [6, 6.07) is 17.6. The Balaban J connectivity index is 2.39. The average Bonchev–Trinajstić information content (AvgIpc) is 2.45. The van der Waals surface area contributed by atoms with Crippen molar-refractivity contribution in [1.29, 1.82) is 0 Å². The highest BCUT2D eigenvalue weighted by molar-refractivity contribution is 6.63. The van der Waals surface area contributed by atoms with Crippen LogP contribution in [0.3, 0.4) is 0 Å². The van der Waals surface area contributed by atoms with E-state index in [1.54, 1.807) is 7.11 Å². The van der Waals surface area contributed by atoms with Crippen molar-refractivity contribution >= 4 is 16.8 Å². The minimum Gasteiger partial charge on any atom is -0.497 e. The Bertz CT molecular complexity index is 552. The van der Waals surface area contributed by atoms with Gasteiger partial charge in [-0.1, -0.05) is 42.5 Å². The van der Waals surface area contributed by atoms with E-state index < -0.39 is 0 Å². The number of carbonyl (C=O) groups is 1. The van der Waals surface area contributed by atoms with E-state index in [0.717, 1.165) is 16.9 Å². The average molecular weight is 275 g/mol. The molecule has 0 heterocycles. The van der Waals surface area contributed by atoms with E-state index in [-0.39, 0.29) is 17.6 Å². The van der Waals surface area contributed by atoms with E-state index in [1.165, 1.54) is 0 Å². The Morgan fingerprint density at radius 3 is 2.42 bits per heavy atom. The molecule has 2 aromatic carbocycles. The predicted molar refractivity (Wildman–Crippen MR) is 76.8 cm³/mol. The summed E-state index contributed by atoms with van der Waals surface area (Å²) in [4.78, 5) is 11.3. The first kappa shape index (κ1) is 13.6. The molecule has 0 N–H and O–H groups in total. The summed E-state index contributed by atoms with van der Waals surface area (Å²) in [5.41, 5.74) is 2.10. The topological polar surface area (TPSA) is 26.3 Å². The summed E-state index contributed by atoms with van der Waals surface area (Å²) in [7, 11) is 1.63. The molecule has 0 saturated carbocycles. The summed E-state index contributed by atoms with van der Waals surface area (Å²) in [5.74, 6) is 0.738. The zero-order chi connectivity index (χ0) is 13.7. The number of hydrogen-bond donors (Lipinski definition) is 0. The number of hydrogen-bond acceptors (Lipinski definition) is 2. The number of halogens is 1. The van der Waals surface area contributed by atoms with E-state index in [1.807, 2.05) is 54.6 Å². The first-order valence-electron chi connectivity index (χ1n) is 6.08. The van der Waals surface area contributed by atoms with Crippen LogP contribution < -0.4 is 4.74 Å². The third-order valence-corrected chi connectivity index (χ3v) is 3.22. The van der Waals surface area contributed by atoms with E-state index in [4.69, 9.17) is 16.3 Å². The van der Waals surface area contributed by atoms with Crippen molar-refractivity contribution in [2.75, 3.05) is 7.11 Å². The molecule has 98 valence electrons. The van der Waals surface area contributed by atoms with Crippen molar-refractivity contribution in [2.45, 2.75) is 12.3 Å². The summed E-state index contributed by atoms with van der Waals surface area (Å²) in [6.45, 7) is 0. The second-order valence-corrected chi connectivity index (χ2v) is 4.72. The standard InChI is InChI=1S/C16H15ClO2/c1-19-14-9-5-8-13(10-14)15(11-16(17)18)12-6-3-2-4-7-12/h2-10,15H,11H2,1H3. The minimum absolute atomic E-state index is 0.0405. The smallest absolute Gasteiger partial charge is 0.222 e. The van der Waals surface area contributed by atoms with Gasteiger partial charge in [0.2, 0.25) is 5.24 Å². The third kappa shape index (κ3) is 3.58. The molecule has 0 radical (unpaired) electrons. The van der Waals surface area contributed by atoms with Crippen LogP contribution in [-0.2, 0) is 4.79 Å². The van der Waals surface area contributed by atoms with Crippen molar-refractivity contribution in [1.82, 2.24) is 0 Å². The van der Waals surface area contributed by atoms with Crippen LogP contribution >= 0.6 is 11.6 Å². The Morgan fingerprint density at radius 2 is 1.79 bits per heavy atom. The van der Waals surface area contributed by atoms with Gasteiger partial charge in [-0.15, -0.1) is 0 Å². The molecule has 2 rings (SSSR count). The Hall–Kier alpha value is -1.80. The summed E-state index contributed by atoms with van der Waals surface area (Å²) in [6.07, 6.45) is 0.277. The van der Waals surface area contributed by atoms with Crippen molar-refractivity contribution in [2.24, 2.45) is 0 Å². The van der Waals surface area contributed by atoms with Crippen LogP contribution in [0.2, 0.25) is 0 Å². The summed E-state index contributed by atoms with van der Waals surface area (Å²) >= 11 is 5.58. The predicted octanol–water partition coefficient (Wildman–Crippen LogP) is 3.98. The molecule has 0 aliphatic carbocycles. The Labute approximate surface area is 118 Å². The second-order valence-electron chi connectivity index (χ2n) is 4.30. The van der Waals surface area contributed by atoms with Crippen LogP contribution in [0.15, 0.2) is 54.6 Å². The van der Waals surface area contributed by atoms with Crippen LogP contribution in [0.1, 0.15) is 23.5 Å². The molecule has 1 unspecified atom stereocenters. The molecule has 0 aliphatic heterocycles. The Morgan fingerprint density at radius 1 is 1.11 bits per heavy atom. The van der Waals surface area contributed by atoms with Crippen LogP contribution in [0.4, 0.5) is 0 Å². The van der Waals surface area contributed by atoms with Crippen LogP contribution in [0, 0.1) is 0 Å². The maximum atomic E-state index is 11.3. The lowest BCUT2D eigenvalue weighted by Gasteiger charge is -2.16. The third-order valence-electron chi connectivity index (χ3n) is 3.06. The molecule has 0 saturated heterocycles. The fourth-order valence-electron chi connectivity index (χ4n) is 2.13. The summed E-state index contributed by atoms with van der Waals surface area (Å²) < 4.78 is 5.23. The van der Waals surface area contributed by atoms with Gasteiger partial charge in [0.05, 0.1) is 7.11 Å². The Kier molecular flexibility index (Phi) is 4.58. The molecule has 3 heteroatoms. The first-order valence-corrected chi connectivity index (χ1v) is 6.45. The van der Waals surface area contributed by atoms with Crippen LogP contribution in [0.5, 0.6) is 5.75 Å². The van der Waals surface area contributed by atoms with Gasteiger partial charge < -0.3 is 4.74 Å². The SMILES string of the molecule is COc1cccc(C(CC(=O)Cl)c2ccccc2)c1. The van der Waals surface area contributed by atoms with Crippen molar-refractivity contribution in [3.8, 4) is 5.75 Å². The van der Waals surface area contributed by atoms with Gasteiger partial charge in [0.15, 0.2) is 0 Å². The van der Waals surface area contributed by atoms with E-state index in [0.29, 0.717) is 0 Å². The van der Waals surface area contributed by atoms with Gasteiger partial charge in [0, 0.05) is 12.3 Å². The van der Waals surface area contributed by atoms with Gasteiger partial charge in [-0.2, -0.15) is 0 Å². The number of carbonyl (C=O) groups excluding carboxylic acids is 1. The zero-order valence-electron chi connectivity index (χ0n) is 10.7. The second kappa shape index (κ2) is 6.39. The zero-order valence-corrected chi connectivity index (χ0v) is 11.4. The monoisotopic (exact) mass is 274 g/mol. The molecule has 1 atom stereocenters. The molecular weight excluding hydrogens is 260 g/mol. The highest BCUT2D eigenvalue weighted by Crippen LogP contribution is 2.30. The quantitative estimate of drug-likeness (QED) is 0.771. The van der Waals surface area contributed by atoms with E-state index >= 15 is 0 Å². The molecular formula is C16H15ClO2. The lowest BCUT2D eigenvalue weighted by molar-refractivity contribution is -0.111. The number of rotatable bonds is 5. The lowest BCUT2D eigenvalue weighted by Crippen LogP contribution is -2.05. The molecule has 2 aromatic rings. The highest BCUT2D eigenvalue weighted by Gasteiger charge is 2.17. The first-order chi connectivity index (χ1) is 9.20. The van der Waals surface area contributed by atoms with Gasteiger partial charge in [-0.05, 0) is 34.9 Å².